The quantitative estimate of drug-likeness (QED) is 0.340. The van der Waals surface area contributed by atoms with Gasteiger partial charge in [-0.2, -0.15) is 4.31 Å². The number of carbonyl (C=O) groups is 1. The van der Waals surface area contributed by atoms with Crippen LogP contribution in [0.15, 0.2) is 65.8 Å². The highest BCUT2D eigenvalue weighted by atomic mass is 32.2. The first-order valence-corrected chi connectivity index (χ1v) is 14.3. The largest absolute Gasteiger partial charge is 0.497 e. The predicted octanol–water partition coefficient (Wildman–Crippen LogP) is 4.70. The Bertz CT molecular complexity index is 1540. The fourth-order valence-electron chi connectivity index (χ4n) is 4.73. The number of amides is 1. The summed E-state index contributed by atoms with van der Waals surface area (Å²) < 4.78 is 34.6. The van der Waals surface area contributed by atoms with E-state index in [1.807, 2.05) is 26.0 Å². The molecule has 0 aliphatic carbocycles. The number of aromatic nitrogens is 2. The number of nitrogens with zero attached hydrogens (tertiary/aromatic N) is 4. The molecule has 2 aromatic heterocycles. The standard InChI is InChI=1S/C27H28N4O4S2/c1-18-14-19(2)25-24(15-18)36-27(29-25)30(17-20-6-4-12-28-16-20)26(32)23-7-5-13-31(23)37(33,34)22-10-8-21(35-3)9-11-22/h4,6,8-12,14-16,23H,5,7,13,17H2,1-3H3. The van der Waals surface area contributed by atoms with Gasteiger partial charge in [0.15, 0.2) is 5.13 Å². The van der Waals surface area contributed by atoms with Crippen molar-refractivity contribution in [3.63, 3.8) is 0 Å². The summed E-state index contributed by atoms with van der Waals surface area (Å²) in [4.78, 5) is 24.9. The first kappa shape index (κ1) is 25.3. The van der Waals surface area contributed by atoms with E-state index < -0.39 is 16.1 Å². The maximum absolute atomic E-state index is 14.1. The van der Waals surface area contributed by atoms with E-state index in [0.717, 1.165) is 26.9 Å². The minimum atomic E-state index is -3.88. The van der Waals surface area contributed by atoms with Crippen LogP contribution < -0.4 is 9.64 Å². The predicted molar refractivity (Wildman–Crippen MR) is 144 cm³/mol. The van der Waals surface area contributed by atoms with Crippen LogP contribution >= 0.6 is 11.3 Å². The number of methoxy groups -OCH3 is 1. The van der Waals surface area contributed by atoms with Crippen molar-refractivity contribution in [3.8, 4) is 5.75 Å². The van der Waals surface area contributed by atoms with Gasteiger partial charge in [-0.3, -0.25) is 14.7 Å². The third kappa shape index (κ3) is 4.96. The van der Waals surface area contributed by atoms with Gasteiger partial charge in [0.1, 0.15) is 11.8 Å². The summed E-state index contributed by atoms with van der Waals surface area (Å²) >= 11 is 1.44. The smallest absolute Gasteiger partial charge is 0.247 e. The highest BCUT2D eigenvalue weighted by Gasteiger charge is 2.42. The topological polar surface area (TPSA) is 92.7 Å². The molecule has 0 spiro atoms. The highest BCUT2D eigenvalue weighted by Crippen LogP contribution is 2.35. The molecule has 0 radical (unpaired) electrons. The number of rotatable bonds is 7. The number of hydrogen-bond donors (Lipinski definition) is 0. The van der Waals surface area contributed by atoms with Gasteiger partial charge in [0, 0.05) is 18.9 Å². The molecule has 0 saturated carbocycles. The number of hydrogen-bond acceptors (Lipinski definition) is 7. The van der Waals surface area contributed by atoms with Crippen LogP contribution in [0.3, 0.4) is 0 Å². The molecule has 1 aliphatic rings. The third-order valence-electron chi connectivity index (χ3n) is 6.53. The van der Waals surface area contributed by atoms with Crippen LogP contribution in [0.1, 0.15) is 29.5 Å². The number of ether oxygens (including phenoxy) is 1. The van der Waals surface area contributed by atoms with E-state index in [1.54, 1.807) is 29.4 Å². The van der Waals surface area contributed by atoms with Gasteiger partial charge in [-0.1, -0.05) is 23.5 Å². The van der Waals surface area contributed by atoms with E-state index in [0.29, 0.717) is 23.7 Å². The summed E-state index contributed by atoms with van der Waals surface area (Å²) in [7, 11) is -2.35. The zero-order chi connectivity index (χ0) is 26.2. The van der Waals surface area contributed by atoms with Crippen molar-refractivity contribution < 1.29 is 17.9 Å². The van der Waals surface area contributed by atoms with Crippen LogP contribution in [0.5, 0.6) is 5.75 Å². The lowest BCUT2D eigenvalue weighted by atomic mass is 10.1. The van der Waals surface area contributed by atoms with Crippen molar-refractivity contribution in [2.75, 3.05) is 18.6 Å². The molecule has 1 aliphatic heterocycles. The van der Waals surface area contributed by atoms with Gasteiger partial charge in [0.05, 0.1) is 28.8 Å². The molecule has 1 amide bonds. The maximum atomic E-state index is 14.1. The zero-order valence-electron chi connectivity index (χ0n) is 20.9. The molecular weight excluding hydrogens is 508 g/mol. The highest BCUT2D eigenvalue weighted by molar-refractivity contribution is 7.89. The summed E-state index contributed by atoms with van der Waals surface area (Å²) in [6.45, 7) is 4.57. The summed E-state index contributed by atoms with van der Waals surface area (Å²) in [5, 5.41) is 0.547. The van der Waals surface area contributed by atoms with Crippen LogP contribution in [0.4, 0.5) is 5.13 Å². The number of fused-ring (bicyclic) bond motifs is 1. The lowest BCUT2D eigenvalue weighted by molar-refractivity contribution is -0.121. The minimum absolute atomic E-state index is 0.137. The average molecular weight is 537 g/mol. The van der Waals surface area contributed by atoms with Crippen molar-refractivity contribution in [2.24, 2.45) is 0 Å². The molecular formula is C27H28N4O4S2. The Morgan fingerprint density at radius 3 is 2.68 bits per heavy atom. The molecule has 1 unspecified atom stereocenters. The van der Waals surface area contributed by atoms with Gasteiger partial charge in [0.25, 0.3) is 0 Å². The number of carbonyl (C=O) groups excluding carboxylic acids is 1. The Morgan fingerprint density at radius 2 is 1.97 bits per heavy atom. The van der Waals surface area contributed by atoms with Crippen molar-refractivity contribution in [2.45, 2.75) is 44.2 Å². The third-order valence-corrected chi connectivity index (χ3v) is 9.48. The number of thiazole rings is 1. The van der Waals surface area contributed by atoms with Crippen LogP contribution in [0.2, 0.25) is 0 Å². The van der Waals surface area contributed by atoms with Gasteiger partial charge in [-0.25, -0.2) is 13.4 Å². The molecule has 1 atom stereocenters. The maximum Gasteiger partial charge on any atom is 0.247 e. The Labute approximate surface area is 220 Å². The lowest BCUT2D eigenvalue weighted by Gasteiger charge is -2.28. The van der Waals surface area contributed by atoms with Gasteiger partial charge >= 0.3 is 0 Å². The SMILES string of the molecule is COc1ccc(S(=O)(=O)N2CCCC2C(=O)N(Cc2cccnc2)c2nc3c(C)cc(C)cc3s2)cc1. The van der Waals surface area contributed by atoms with Crippen LogP contribution in [-0.4, -0.2) is 48.3 Å². The van der Waals surface area contributed by atoms with Gasteiger partial charge < -0.3 is 4.74 Å². The molecule has 4 aromatic rings. The van der Waals surface area contributed by atoms with Crippen LogP contribution in [0, 0.1) is 13.8 Å². The number of pyridine rings is 1. The molecule has 0 bridgehead atoms. The van der Waals surface area contributed by atoms with Crippen LogP contribution in [0.25, 0.3) is 10.2 Å². The van der Waals surface area contributed by atoms with Crippen molar-refractivity contribution >= 4 is 42.6 Å². The normalized spacial score (nSPS) is 16.2. The minimum Gasteiger partial charge on any atom is -0.497 e. The van der Waals surface area contributed by atoms with Gasteiger partial charge in [-0.15, -0.1) is 0 Å². The van der Waals surface area contributed by atoms with Crippen molar-refractivity contribution in [1.82, 2.24) is 14.3 Å². The molecule has 192 valence electrons. The Kier molecular flexibility index (Phi) is 6.98. The molecule has 2 aromatic carbocycles. The Morgan fingerprint density at radius 1 is 1.19 bits per heavy atom. The van der Waals surface area contributed by atoms with E-state index in [2.05, 4.69) is 17.1 Å². The van der Waals surface area contributed by atoms with E-state index in [9.17, 15) is 13.2 Å². The van der Waals surface area contributed by atoms with Crippen LogP contribution in [-0.2, 0) is 21.4 Å². The fourth-order valence-corrected chi connectivity index (χ4v) is 7.52. The molecule has 0 N–H and O–H groups in total. The van der Waals surface area contributed by atoms with E-state index in [1.165, 1.54) is 34.9 Å². The van der Waals surface area contributed by atoms with E-state index in [-0.39, 0.29) is 23.9 Å². The molecule has 1 fully saturated rings. The number of sulfonamides is 1. The monoisotopic (exact) mass is 536 g/mol. The second kappa shape index (κ2) is 10.2. The summed E-state index contributed by atoms with van der Waals surface area (Å²) in [5.74, 6) is 0.281. The second-order valence-corrected chi connectivity index (χ2v) is 12.1. The Balaban J connectivity index is 1.52. The van der Waals surface area contributed by atoms with Gasteiger partial charge in [-0.05, 0) is 79.8 Å². The molecule has 5 rings (SSSR count). The summed E-state index contributed by atoms with van der Waals surface area (Å²) in [6, 6.07) is 13.3. The van der Waals surface area contributed by atoms with E-state index in [4.69, 9.17) is 9.72 Å². The van der Waals surface area contributed by atoms with Crippen molar-refractivity contribution in [1.29, 1.82) is 0 Å². The average Bonchev–Trinajstić information content (AvgIpc) is 3.56. The molecule has 8 nitrogen and oxygen atoms in total. The zero-order valence-corrected chi connectivity index (χ0v) is 22.6. The number of anilines is 1. The summed E-state index contributed by atoms with van der Waals surface area (Å²) in [5.41, 5.74) is 3.85. The first-order valence-electron chi connectivity index (χ1n) is 12.0. The lowest BCUT2D eigenvalue weighted by Crippen LogP contribution is -2.47. The fraction of sp³-hybridized carbons (Fsp3) is 0.296. The molecule has 3 heterocycles. The number of aryl methyl sites for hydroxylation is 2. The summed E-state index contributed by atoms with van der Waals surface area (Å²) in [6.07, 6.45) is 4.44. The number of benzene rings is 2. The molecule has 1 saturated heterocycles. The van der Waals surface area contributed by atoms with Gasteiger partial charge in [0.2, 0.25) is 15.9 Å². The van der Waals surface area contributed by atoms with E-state index >= 15 is 0 Å². The molecule has 37 heavy (non-hydrogen) atoms. The molecule has 10 heteroatoms. The first-order chi connectivity index (χ1) is 17.8. The Hall–Kier alpha value is -3.34. The second-order valence-electron chi connectivity index (χ2n) is 9.16. The van der Waals surface area contributed by atoms with Crippen molar-refractivity contribution in [3.05, 3.63) is 77.6 Å².